The molecule has 3 rings (SSSR count). The van der Waals surface area contributed by atoms with E-state index in [9.17, 15) is 26.8 Å². The Morgan fingerprint density at radius 3 is 2.22 bits per heavy atom. The summed E-state index contributed by atoms with van der Waals surface area (Å²) in [6, 6.07) is 5.91. The van der Waals surface area contributed by atoms with Gasteiger partial charge in [-0.3, -0.25) is 9.52 Å². The fourth-order valence-corrected chi connectivity index (χ4v) is 3.33. The molecule has 10 heteroatoms. The minimum absolute atomic E-state index is 0.147. The quantitative estimate of drug-likeness (QED) is 0.694. The molecule has 0 aliphatic heterocycles. The Morgan fingerprint density at radius 1 is 1.04 bits per heavy atom. The highest BCUT2D eigenvalue weighted by molar-refractivity contribution is 7.92. The average molecular weight is 396 g/mol. The van der Waals surface area contributed by atoms with Gasteiger partial charge in [0.25, 0.3) is 15.9 Å². The van der Waals surface area contributed by atoms with Crippen LogP contribution in [-0.2, 0) is 10.0 Å². The number of carboxylic acid groups (broad SMARTS) is 1. The molecule has 1 aliphatic carbocycles. The fourth-order valence-electron chi connectivity index (χ4n) is 2.27. The third kappa shape index (κ3) is 4.22. The Labute approximate surface area is 153 Å². The Balaban J connectivity index is 1.81. The maximum absolute atomic E-state index is 13.9. The number of carbonyl (C=O) groups excluding carboxylic acids is 1. The van der Waals surface area contributed by atoms with E-state index in [2.05, 4.69) is 5.32 Å². The highest BCUT2D eigenvalue weighted by Gasteiger charge is 2.24. The predicted molar refractivity (Wildman–Crippen MR) is 91.1 cm³/mol. The molecule has 0 heterocycles. The zero-order valence-corrected chi connectivity index (χ0v) is 14.5. The van der Waals surface area contributed by atoms with Crippen molar-refractivity contribution in [2.24, 2.45) is 0 Å². The van der Waals surface area contributed by atoms with E-state index in [1.54, 1.807) is 0 Å². The number of anilines is 1. The standard InChI is InChI=1S/C17H14F2N2O5S/c18-13-8-15(14(19)7-12(13)17(23)24)21-27(25,26)11-5-1-9(2-6-11)16(22)20-10-3-4-10/h1-2,5-8,10,21H,3-4H2,(H,20,22)(H,23,24). The summed E-state index contributed by atoms with van der Waals surface area (Å²) in [4.78, 5) is 22.4. The van der Waals surface area contributed by atoms with E-state index in [0.717, 1.165) is 25.0 Å². The minimum Gasteiger partial charge on any atom is -0.478 e. The number of carbonyl (C=O) groups is 2. The van der Waals surface area contributed by atoms with Gasteiger partial charge in [-0.2, -0.15) is 0 Å². The Bertz CT molecular complexity index is 1020. The second kappa shape index (κ2) is 6.95. The van der Waals surface area contributed by atoms with E-state index in [4.69, 9.17) is 5.11 Å². The van der Waals surface area contributed by atoms with E-state index in [-0.39, 0.29) is 22.4 Å². The van der Waals surface area contributed by atoms with Gasteiger partial charge >= 0.3 is 5.97 Å². The first-order valence-electron chi connectivity index (χ1n) is 7.83. The van der Waals surface area contributed by atoms with E-state index in [1.807, 2.05) is 4.72 Å². The molecule has 7 nitrogen and oxygen atoms in total. The average Bonchev–Trinajstić information content (AvgIpc) is 3.41. The zero-order chi connectivity index (χ0) is 19.8. The van der Waals surface area contributed by atoms with Crippen LogP contribution in [0.3, 0.4) is 0 Å². The fraction of sp³-hybridized carbons (Fsp3) is 0.176. The van der Waals surface area contributed by atoms with E-state index in [0.29, 0.717) is 12.1 Å². The largest absolute Gasteiger partial charge is 0.478 e. The first-order chi connectivity index (χ1) is 12.7. The molecule has 1 amide bonds. The van der Waals surface area contributed by atoms with Gasteiger partial charge in [0.1, 0.15) is 11.6 Å². The molecule has 3 N–H and O–H groups in total. The predicted octanol–water partition coefficient (Wildman–Crippen LogP) is 2.36. The molecular formula is C17H14F2N2O5S. The van der Waals surface area contributed by atoms with Crippen LogP contribution >= 0.6 is 0 Å². The number of carboxylic acids is 1. The van der Waals surface area contributed by atoms with Crippen molar-refractivity contribution in [3.63, 3.8) is 0 Å². The lowest BCUT2D eigenvalue weighted by atomic mass is 10.2. The van der Waals surface area contributed by atoms with Crippen molar-refractivity contribution < 1.29 is 31.9 Å². The van der Waals surface area contributed by atoms with Crippen molar-refractivity contribution in [1.82, 2.24) is 5.32 Å². The summed E-state index contributed by atoms with van der Waals surface area (Å²) in [6.45, 7) is 0. The van der Waals surface area contributed by atoms with Gasteiger partial charge in [0, 0.05) is 17.7 Å². The second-order valence-corrected chi connectivity index (χ2v) is 7.68. The number of rotatable bonds is 6. The lowest BCUT2D eigenvalue weighted by molar-refractivity contribution is 0.0691. The maximum Gasteiger partial charge on any atom is 0.338 e. The summed E-state index contributed by atoms with van der Waals surface area (Å²) < 4.78 is 54.1. The van der Waals surface area contributed by atoms with Gasteiger partial charge in [-0.15, -0.1) is 0 Å². The second-order valence-electron chi connectivity index (χ2n) is 5.99. The number of sulfonamides is 1. The molecule has 0 spiro atoms. The van der Waals surface area contributed by atoms with Crippen molar-refractivity contribution >= 4 is 27.6 Å². The van der Waals surface area contributed by atoms with Gasteiger partial charge < -0.3 is 10.4 Å². The number of nitrogens with one attached hydrogen (secondary N) is 2. The molecule has 0 unspecified atom stereocenters. The lowest BCUT2D eigenvalue weighted by Gasteiger charge is -2.11. The van der Waals surface area contributed by atoms with Crippen molar-refractivity contribution in [2.75, 3.05) is 4.72 Å². The molecular weight excluding hydrogens is 382 g/mol. The number of hydrogen-bond donors (Lipinski definition) is 3. The molecule has 2 aromatic carbocycles. The molecule has 0 radical (unpaired) electrons. The molecule has 0 saturated heterocycles. The first-order valence-corrected chi connectivity index (χ1v) is 9.32. The summed E-state index contributed by atoms with van der Waals surface area (Å²) in [5, 5.41) is 11.5. The lowest BCUT2D eigenvalue weighted by Crippen LogP contribution is -2.25. The molecule has 1 fully saturated rings. The topological polar surface area (TPSA) is 113 Å². The van der Waals surface area contributed by atoms with Gasteiger partial charge in [0.15, 0.2) is 0 Å². The van der Waals surface area contributed by atoms with E-state index < -0.39 is 38.9 Å². The van der Waals surface area contributed by atoms with Crippen LogP contribution < -0.4 is 10.0 Å². The number of benzene rings is 2. The molecule has 27 heavy (non-hydrogen) atoms. The highest BCUT2D eigenvalue weighted by atomic mass is 32.2. The van der Waals surface area contributed by atoms with Crippen LogP contribution in [0, 0.1) is 11.6 Å². The van der Waals surface area contributed by atoms with E-state index >= 15 is 0 Å². The van der Waals surface area contributed by atoms with Gasteiger partial charge in [0.2, 0.25) is 0 Å². The van der Waals surface area contributed by atoms with Gasteiger partial charge in [-0.05, 0) is 43.2 Å². The SMILES string of the molecule is O=C(NC1CC1)c1ccc(S(=O)(=O)Nc2cc(F)c(C(=O)O)cc2F)cc1. The van der Waals surface area contributed by atoms with Crippen molar-refractivity contribution in [1.29, 1.82) is 0 Å². The Hall–Kier alpha value is -3.01. The monoisotopic (exact) mass is 396 g/mol. The van der Waals surface area contributed by atoms with Crippen LogP contribution in [0.1, 0.15) is 33.6 Å². The maximum atomic E-state index is 13.9. The third-order valence-electron chi connectivity index (χ3n) is 3.87. The number of aromatic carboxylic acids is 1. The molecule has 0 aromatic heterocycles. The van der Waals surface area contributed by atoms with Crippen LogP contribution in [0.25, 0.3) is 0 Å². The molecule has 1 saturated carbocycles. The summed E-state index contributed by atoms with van der Waals surface area (Å²) in [5.74, 6) is -4.53. The van der Waals surface area contributed by atoms with Crippen molar-refractivity contribution in [2.45, 2.75) is 23.8 Å². The summed E-state index contributed by atoms with van der Waals surface area (Å²) in [6.07, 6.45) is 1.82. The summed E-state index contributed by atoms with van der Waals surface area (Å²) in [7, 11) is -4.27. The first kappa shape index (κ1) is 18.8. The minimum atomic E-state index is -4.27. The molecule has 142 valence electrons. The van der Waals surface area contributed by atoms with Crippen LogP contribution in [0.2, 0.25) is 0 Å². The molecule has 0 bridgehead atoms. The summed E-state index contributed by atoms with van der Waals surface area (Å²) in [5.41, 5.74) is -1.38. The number of hydrogen-bond acceptors (Lipinski definition) is 4. The summed E-state index contributed by atoms with van der Waals surface area (Å²) >= 11 is 0. The van der Waals surface area contributed by atoms with Gasteiger partial charge in [0.05, 0.1) is 16.1 Å². The van der Waals surface area contributed by atoms with E-state index in [1.165, 1.54) is 12.1 Å². The van der Waals surface area contributed by atoms with Crippen LogP contribution in [-0.4, -0.2) is 31.4 Å². The van der Waals surface area contributed by atoms with Gasteiger partial charge in [-0.1, -0.05) is 0 Å². The number of amides is 1. The highest BCUT2D eigenvalue weighted by Crippen LogP contribution is 2.23. The van der Waals surface area contributed by atoms with Gasteiger partial charge in [-0.25, -0.2) is 22.0 Å². The molecule has 2 aromatic rings. The molecule has 1 aliphatic rings. The number of halogens is 2. The van der Waals surface area contributed by atoms with Crippen LogP contribution in [0.5, 0.6) is 0 Å². The Kier molecular flexibility index (Phi) is 4.83. The van der Waals surface area contributed by atoms with Crippen molar-refractivity contribution in [3.05, 3.63) is 59.2 Å². The normalized spacial score (nSPS) is 13.9. The van der Waals surface area contributed by atoms with Crippen molar-refractivity contribution in [3.8, 4) is 0 Å². The van der Waals surface area contributed by atoms with Crippen LogP contribution in [0.4, 0.5) is 14.5 Å². The van der Waals surface area contributed by atoms with Crippen LogP contribution in [0.15, 0.2) is 41.3 Å². The zero-order valence-electron chi connectivity index (χ0n) is 13.7. The smallest absolute Gasteiger partial charge is 0.338 e. The third-order valence-corrected chi connectivity index (χ3v) is 5.25. The Morgan fingerprint density at radius 2 is 1.67 bits per heavy atom. The molecule has 0 atom stereocenters.